The van der Waals surface area contributed by atoms with Crippen molar-refractivity contribution >= 4 is 22.8 Å². The molecular formula is C57H60N4O16. The molecule has 2 aromatic heterocycles. The summed E-state index contributed by atoms with van der Waals surface area (Å²) < 4.78 is 32.7. The molecule has 6 aromatic rings. The number of aromatic hydroxyl groups is 3. The number of aromatic nitrogens is 1. The van der Waals surface area contributed by atoms with Gasteiger partial charge in [0.15, 0.2) is 34.7 Å². The van der Waals surface area contributed by atoms with Crippen LogP contribution in [-0.2, 0) is 34.4 Å². The van der Waals surface area contributed by atoms with E-state index in [-0.39, 0.29) is 76.4 Å². The molecule has 20 nitrogen and oxygen atoms in total. The van der Waals surface area contributed by atoms with E-state index in [1.54, 1.807) is 66.7 Å². The van der Waals surface area contributed by atoms with Crippen LogP contribution in [0.2, 0.25) is 0 Å². The lowest BCUT2D eigenvalue weighted by Gasteiger charge is -2.60. The first-order valence-corrected chi connectivity index (χ1v) is 26.0. The highest BCUT2D eigenvalue weighted by Crippen LogP contribution is 2.59. The van der Waals surface area contributed by atoms with Gasteiger partial charge >= 0.3 is 5.97 Å². The molecular weight excluding hydrogens is 997 g/mol. The van der Waals surface area contributed by atoms with Crippen molar-refractivity contribution in [1.29, 1.82) is 0 Å². The van der Waals surface area contributed by atoms with Crippen molar-refractivity contribution in [2.24, 2.45) is 11.8 Å². The zero-order valence-electron chi connectivity index (χ0n) is 41.6. The Labute approximate surface area is 439 Å². The summed E-state index contributed by atoms with van der Waals surface area (Å²) >= 11 is 0. The van der Waals surface area contributed by atoms with Gasteiger partial charge in [-0.15, -0.1) is 0 Å². The molecule has 14 N–H and O–H groups in total. The van der Waals surface area contributed by atoms with Crippen molar-refractivity contribution in [1.82, 2.24) is 15.6 Å². The molecule has 404 valence electrons. The minimum Gasteiger partial charge on any atom is -0.508 e. The molecule has 2 saturated heterocycles. The molecule has 2 aliphatic heterocycles. The van der Waals surface area contributed by atoms with Crippen LogP contribution in [0.15, 0.2) is 105 Å². The first-order valence-electron chi connectivity index (χ1n) is 26.0. The number of hydrogen-bond acceptors (Lipinski definition) is 18. The molecule has 2 bridgehead atoms. The lowest BCUT2D eigenvalue weighted by Crippen LogP contribution is -2.81. The lowest BCUT2D eigenvalue weighted by atomic mass is 9.56. The van der Waals surface area contributed by atoms with E-state index in [4.69, 9.17) is 29.1 Å². The van der Waals surface area contributed by atoms with Crippen LogP contribution < -0.4 is 36.0 Å². The molecule has 1 saturated carbocycles. The maximum atomic E-state index is 14.5. The third-order valence-electron chi connectivity index (χ3n) is 17.1. The Kier molecular flexibility index (Phi) is 12.6. The number of nitrogen functional groups attached to an aromatic ring is 1. The number of carbonyl (C=O) groups is 1. The van der Waals surface area contributed by atoms with E-state index in [9.17, 15) is 55.5 Å². The van der Waals surface area contributed by atoms with Gasteiger partial charge in [-0.2, -0.15) is 0 Å². The van der Waals surface area contributed by atoms with E-state index < -0.39 is 83.2 Å². The second kappa shape index (κ2) is 19.1. The summed E-state index contributed by atoms with van der Waals surface area (Å²) in [5.41, 5.74) is 2.45. The fourth-order valence-corrected chi connectivity index (χ4v) is 13.6. The fraction of sp³-hybridized carbons (Fsp3) is 0.404. The quantitative estimate of drug-likeness (QED) is 0.0770. The molecule has 0 unspecified atom stereocenters. The van der Waals surface area contributed by atoms with Crippen LogP contribution >= 0.6 is 0 Å². The summed E-state index contributed by atoms with van der Waals surface area (Å²) in [6.45, 7) is 0.0212. The van der Waals surface area contributed by atoms with Crippen LogP contribution in [0.4, 0.5) is 5.82 Å². The average molecular weight is 1060 g/mol. The monoisotopic (exact) mass is 1060 g/mol. The number of carboxylic acids is 1. The number of benzene rings is 4. The van der Waals surface area contributed by atoms with Crippen molar-refractivity contribution in [2.75, 3.05) is 25.6 Å². The summed E-state index contributed by atoms with van der Waals surface area (Å²) in [7, 11) is 0. The molecule has 3 fully saturated rings. The lowest BCUT2D eigenvalue weighted by molar-refractivity contribution is -0.348. The number of phenols is 3. The summed E-state index contributed by atoms with van der Waals surface area (Å²) in [4.78, 5) is 30.9. The number of aryl methyl sites for hydroxylation is 1. The van der Waals surface area contributed by atoms with Crippen LogP contribution in [0.3, 0.4) is 0 Å². The summed E-state index contributed by atoms with van der Waals surface area (Å²) in [5, 5.41) is 112. The number of phenolic OH excluding ortho intramolecular Hbond substituents is 3. The van der Waals surface area contributed by atoms with Crippen LogP contribution in [-0.4, -0.2) is 119 Å². The van der Waals surface area contributed by atoms with Crippen molar-refractivity contribution in [3.05, 3.63) is 134 Å². The highest BCUT2D eigenvalue weighted by Gasteiger charge is 2.74. The van der Waals surface area contributed by atoms with Crippen LogP contribution in [0, 0.1) is 11.8 Å². The van der Waals surface area contributed by atoms with Crippen molar-refractivity contribution in [3.63, 3.8) is 0 Å². The number of nitrogens with two attached hydrogens (primary N) is 1. The van der Waals surface area contributed by atoms with Gasteiger partial charge in [0, 0.05) is 65.6 Å². The number of ether oxygens (including phenoxy) is 4. The Morgan fingerprint density at radius 3 is 2.48 bits per heavy atom. The number of nitrogens with one attached hydrogen (secondary N) is 3. The van der Waals surface area contributed by atoms with Gasteiger partial charge in [-0.1, -0.05) is 23.8 Å². The Balaban J connectivity index is 1.00. The van der Waals surface area contributed by atoms with Gasteiger partial charge < -0.3 is 85.4 Å². The van der Waals surface area contributed by atoms with Crippen molar-refractivity contribution in [3.8, 4) is 45.8 Å². The largest absolute Gasteiger partial charge is 0.508 e. The normalized spacial score (nSPS) is 29.3. The molecule has 0 radical (unpaired) electrons. The number of carboxylic acid groups (broad SMARTS) is 1. The van der Waals surface area contributed by atoms with Crippen LogP contribution in [0.25, 0.3) is 22.3 Å². The third-order valence-corrected chi connectivity index (χ3v) is 17.1. The molecule has 4 aliphatic carbocycles. The maximum Gasteiger partial charge on any atom is 0.336 e. The first kappa shape index (κ1) is 50.7. The molecule has 12 rings (SSSR count). The highest BCUT2D eigenvalue weighted by atomic mass is 16.7. The van der Waals surface area contributed by atoms with Gasteiger partial charge in [0.2, 0.25) is 12.0 Å². The number of H-pyrrole nitrogens is 1. The van der Waals surface area contributed by atoms with Crippen molar-refractivity contribution in [2.45, 2.75) is 111 Å². The zero-order valence-corrected chi connectivity index (χ0v) is 41.6. The standard InChI is InChI=1S/C57H60N4O16/c58-45-18-17-37(61-45)48(66)44(25-62)73-32-14-10-28(11-15-32)41-22-40(65)46-42(74-41)23-43(50(49(46)67)77-55-19-3-5-30(55)4-1-6-33-35(55)7-2-8-39(33)64)75-54-56(71)36-16-12-27-9-13-31(63)20-29(27)21-34(36)47(38-24-59-26-60-38)57(72,53(56)70)51(76-54)52(68)69/h2,7-11,13-15,17-18,20,22-23,30,38,44,47-48,51,53-54,59-64,66-67,70-72H,1,3-6,12,16,19,21,24-26,58H2,(H,68,69)/t30-,38-,44+,47-,48-,51-,53+,54-,55+,56-,57+/m1/s1. The van der Waals surface area contributed by atoms with E-state index in [0.29, 0.717) is 84.5 Å². The van der Waals surface area contributed by atoms with Gasteiger partial charge in [0.1, 0.15) is 63.2 Å². The second-order valence-corrected chi connectivity index (χ2v) is 21.3. The molecule has 20 heteroatoms. The Morgan fingerprint density at radius 2 is 1.74 bits per heavy atom. The fourth-order valence-electron chi connectivity index (χ4n) is 13.6. The summed E-state index contributed by atoms with van der Waals surface area (Å²) in [5.74, 6) is -3.81. The molecule has 11 atom stereocenters. The predicted octanol–water partition coefficient (Wildman–Crippen LogP) is 4.02. The van der Waals surface area contributed by atoms with Gasteiger partial charge in [0.05, 0.1) is 6.61 Å². The van der Waals surface area contributed by atoms with E-state index in [2.05, 4.69) is 15.6 Å². The van der Waals surface area contributed by atoms with Gasteiger partial charge in [-0.3, -0.25) is 10.1 Å². The topological polar surface area (TPSA) is 332 Å². The highest BCUT2D eigenvalue weighted by molar-refractivity contribution is 5.90. The number of rotatable bonds is 12. The van der Waals surface area contributed by atoms with Gasteiger partial charge in [0.25, 0.3) is 0 Å². The molecule has 0 amide bonds. The van der Waals surface area contributed by atoms with Gasteiger partial charge in [-0.25, -0.2) is 4.79 Å². The van der Waals surface area contributed by atoms with E-state index in [0.717, 1.165) is 12.0 Å². The van der Waals surface area contributed by atoms with E-state index in [1.165, 1.54) is 12.1 Å². The SMILES string of the molecule is Nc1ccc([C@@H](O)[C@H](CO)Oc2ccc(-c3cc(=O)c4c(O)c(O[C@@]56CCC[C@H]5CCCc5c(O)cccc56)c(O[C@@H]5O[C@H](C(=O)O)[C@@]6(O)[C@@H]([C@H]7CNCN7)C7=C(CCc8ccc(O)cc8C7)[C@@]5(O)[C@@H]6O)cc4o3)cc2)[nH]1. The van der Waals surface area contributed by atoms with E-state index in [1.807, 2.05) is 6.07 Å². The Morgan fingerprint density at radius 1 is 0.935 bits per heavy atom. The van der Waals surface area contributed by atoms with Gasteiger partial charge in [-0.05, 0) is 129 Å². The van der Waals surface area contributed by atoms with E-state index >= 15 is 0 Å². The Hall–Kier alpha value is -7.14. The number of aliphatic carboxylic acids is 1. The number of aliphatic hydroxyl groups excluding tert-OH is 3. The molecule has 6 aliphatic rings. The number of aliphatic hydroxyl groups is 5. The molecule has 77 heavy (non-hydrogen) atoms. The number of fused-ring (bicyclic) bond motifs is 8. The number of anilines is 1. The third kappa shape index (κ3) is 8.11. The minimum absolute atomic E-state index is 0.0162. The van der Waals surface area contributed by atoms with Crippen molar-refractivity contribution < 1.29 is 74.1 Å². The summed E-state index contributed by atoms with van der Waals surface area (Å²) in [6, 6.07) is 21.2. The second-order valence-electron chi connectivity index (χ2n) is 21.3. The minimum atomic E-state index is -2.69. The maximum absolute atomic E-state index is 14.5. The molecule has 4 heterocycles. The average Bonchev–Trinajstić information content (AvgIpc) is 4.19. The predicted molar refractivity (Wildman–Crippen MR) is 275 cm³/mol. The first-order chi connectivity index (χ1) is 37.0. The number of hydrogen-bond donors (Lipinski definition) is 13. The smallest absolute Gasteiger partial charge is 0.336 e. The van der Waals surface area contributed by atoms with Crippen LogP contribution in [0.1, 0.15) is 72.6 Å². The number of aromatic amines is 1. The summed E-state index contributed by atoms with van der Waals surface area (Å²) in [6.07, 6.45) is -4.79. The Bertz CT molecular complexity index is 3390. The molecule has 4 aromatic carbocycles. The zero-order chi connectivity index (χ0) is 53.7. The molecule has 0 spiro atoms. The van der Waals surface area contributed by atoms with Crippen LogP contribution in [0.5, 0.6) is 34.5 Å².